The largest absolute Gasteiger partial charge is 0.497 e. The first-order valence-corrected chi connectivity index (χ1v) is 8.53. The van der Waals surface area contributed by atoms with Gasteiger partial charge in [0.1, 0.15) is 23.1 Å². The van der Waals surface area contributed by atoms with E-state index in [-0.39, 0.29) is 5.82 Å². The van der Waals surface area contributed by atoms with Crippen molar-refractivity contribution in [3.05, 3.63) is 59.9 Å². The average Bonchev–Trinajstić information content (AvgIpc) is 2.83. The van der Waals surface area contributed by atoms with Gasteiger partial charge in [0.15, 0.2) is 0 Å². The van der Waals surface area contributed by atoms with Crippen LogP contribution in [-0.4, -0.2) is 23.4 Å². The molecule has 0 aliphatic carbocycles. The van der Waals surface area contributed by atoms with E-state index in [1.807, 2.05) is 35.0 Å². The number of hydrogen-bond donors (Lipinski definition) is 1. The van der Waals surface area contributed by atoms with Gasteiger partial charge in [-0.2, -0.15) is 5.10 Å². The van der Waals surface area contributed by atoms with Crippen LogP contribution < -0.4 is 10.1 Å². The second-order valence-electron chi connectivity index (χ2n) is 6.15. The van der Waals surface area contributed by atoms with Crippen LogP contribution in [0.1, 0.15) is 18.4 Å². The van der Waals surface area contributed by atoms with Crippen molar-refractivity contribution in [3.8, 4) is 22.7 Å². The highest BCUT2D eigenvalue weighted by atomic mass is 19.1. The number of nitrogens with zero attached hydrogens (tertiary/aromatic N) is 2. The Balaban J connectivity index is 1.88. The Morgan fingerprint density at radius 1 is 1.08 bits per heavy atom. The normalized spacial score (nSPS) is 13.7. The van der Waals surface area contributed by atoms with Crippen molar-refractivity contribution in [1.82, 2.24) is 9.78 Å². The van der Waals surface area contributed by atoms with Gasteiger partial charge < -0.3 is 10.1 Å². The smallest absolute Gasteiger partial charge is 0.133 e. The molecule has 0 bridgehead atoms. The fourth-order valence-corrected chi connectivity index (χ4v) is 3.28. The summed E-state index contributed by atoms with van der Waals surface area (Å²) in [5.74, 6) is 1.51. The molecule has 0 saturated carbocycles. The molecule has 2 aromatic carbocycles. The molecule has 0 amide bonds. The van der Waals surface area contributed by atoms with Gasteiger partial charge in [-0.1, -0.05) is 12.1 Å². The highest BCUT2D eigenvalue weighted by Gasteiger charge is 2.23. The third kappa shape index (κ3) is 2.86. The molecule has 1 aliphatic heterocycles. The summed E-state index contributed by atoms with van der Waals surface area (Å²) >= 11 is 0. The van der Waals surface area contributed by atoms with E-state index in [9.17, 15) is 4.39 Å². The van der Waals surface area contributed by atoms with Crippen LogP contribution in [0.15, 0.2) is 48.5 Å². The van der Waals surface area contributed by atoms with Gasteiger partial charge in [-0.05, 0) is 55.7 Å². The van der Waals surface area contributed by atoms with E-state index in [0.717, 1.165) is 54.3 Å². The van der Waals surface area contributed by atoms with E-state index >= 15 is 0 Å². The van der Waals surface area contributed by atoms with Gasteiger partial charge in [0, 0.05) is 17.7 Å². The number of nitrogens with one attached hydrogen (secondary N) is 1. The number of hydrogen-bond acceptors (Lipinski definition) is 3. The predicted octanol–water partition coefficient (Wildman–Crippen LogP) is 4.44. The maximum absolute atomic E-state index is 14.4. The first kappa shape index (κ1) is 15.7. The SMILES string of the molecule is COc1ccc(-n2nc(-c3ccccc3F)c3c2NCCCC3)cc1. The maximum atomic E-state index is 14.4. The summed E-state index contributed by atoms with van der Waals surface area (Å²) < 4.78 is 21.5. The molecule has 25 heavy (non-hydrogen) atoms. The minimum absolute atomic E-state index is 0.242. The molecule has 0 saturated heterocycles. The number of rotatable bonds is 3. The molecule has 3 aromatic rings. The Morgan fingerprint density at radius 3 is 2.64 bits per heavy atom. The van der Waals surface area contributed by atoms with Crippen LogP contribution in [0.2, 0.25) is 0 Å². The van der Waals surface area contributed by atoms with E-state index in [1.165, 1.54) is 6.07 Å². The summed E-state index contributed by atoms with van der Waals surface area (Å²) in [5.41, 5.74) is 3.28. The zero-order chi connectivity index (χ0) is 17.2. The molecule has 1 aromatic heterocycles. The van der Waals surface area contributed by atoms with Gasteiger partial charge in [-0.3, -0.25) is 0 Å². The minimum Gasteiger partial charge on any atom is -0.497 e. The van der Waals surface area contributed by atoms with Crippen LogP contribution in [0, 0.1) is 5.82 Å². The highest BCUT2D eigenvalue weighted by Crippen LogP contribution is 2.35. The van der Waals surface area contributed by atoms with Gasteiger partial charge in [0.25, 0.3) is 0 Å². The zero-order valence-electron chi connectivity index (χ0n) is 14.1. The first-order chi connectivity index (χ1) is 12.3. The molecule has 2 heterocycles. The summed E-state index contributed by atoms with van der Waals surface area (Å²) in [6.45, 7) is 0.894. The monoisotopic (exact) mass is 337 g/mol. The van der Waals surface area contributed by atoms with Gasteiger partial charge in [-0.25, -0.2) is 9.07 Å². The molecule has 0 fully saturated rings. The van der Waals surface area contributed by atoms with Gasteiger partial charge >= 0.3 is 0 Å². The van der Waals surface area contributed by atoms with Crippen molar-refractivity contribution < 1.29 is 9.13 Å². The van der Waals surface area contributed by atoms with Crippen LogP contribution in [0.5, 0.6) is 5.75 Å². The van der Waals surface area contributed by atoms with Crippen molar-refractivity contribution in [1.29, 1.82) is 0 Å². The number of methoxy groups -OCH3 is 1. The third-order valence-corrected chi connectivity index (χ3v) is 4.58. The molecule has 128 valence electrons. The second-order valence-corrected chi connectivity index (χ2v) is 6.15. The Hall–Kier alpha value is -2.82. The number of fused-ring (bicyclic) bond motifs is 1. The lowest BCUT2D eigenvalue weighted by molar-refractivity contribution is 0.414. The lowest BCUT2D eigenvalue weighted by Crippen LogP contribution is -2.07. The molecule has 0 radical (unpaired) electrons. The summed E-state index contributed by atoms with van der Waals surface area (Å²) in [7, 11) is 1.65. The molecule has 0 spiro atoms. The molecule has 0 atom stereocenters. The van der Waals surface area contributed by atoms with E-state index in [2.05, 4.69) is 5.32 Å². The van der Waals surface area contributed by atoms with Gasteiger partial charge in [0.2, 0.25) is 0 Å². The standard InChI is InChI=1S/C20H20FN3O/c1-25-15-11-9-14(10-12-15)24-20-17(7-4-5-13-22-20)19(23-24)16-6-2-3-8-18(16)21/h2-3,6,8-12,22H,4-5,7,13H2,1H3. The van der Waals surface area contributed by atoms with Crippen LogP contribution in [-0.2, 0) is 6.42 Å². The van der Waals surface area contributed by atoms with Crippen molar-refractivity contribution in [3.63, 3.8) is 0 Å². The van der Waals surface area contributed by atoms with Crippen molar-refractivity contribution in [2.75, 3.05) is 19.0 Å². The second kappa shape index (κ2) is 6.59. The summed E-state index contributed by atoms with van der Waals surface area (Å²) in [6.07, 6.45) is 3.05. The minimum atomic E-state index is -0.242. The molecule has 1 aliphatic rings. The number of ether oxygens (including phenoxy) is 1. The van der Waals surface area contributed by atoms with E-state index in [0.29, 0.717) is 5.56 Å². The molecule has 4 nitrogen and oxygen atoms in total. The molecular weight excluding hydrogens is 317 g/mol. The average molecular weight is 337 g/mol. The molecular formula is C20H20FN3O. The van der Waals surface area contributed by atoms with Gasteiger partial charge in [0.05, 0.1) is 12.8 Å². The Morgan fingerprint density at radius 2 is 1.88 bits per heavy atom. The topological polar surface area (TPSA) is 39.1 Å². The predicted molar refractivity (Wildman–Crippen MR) is 96.9 cm³/mol. The lowest BCUT2D eigenvalue weighted by Gasteiger charge is -2.09. The third-order valence-electron chi connectivity index (χ3n) is 4.58. The number of benzene rings is 2. The van der Waals surface area contributed by atoms with E-state index < -0.39 is 0 Å². The Labute approximate surface area is 146 Å². The van der Waals surface area contributed by atoms with E-state index in [1.54, 1.807) is 19.2 Å². The van der Waals surface area contributed by atoms with Crippen LogP contribution in [0.3, 0.4) is 0 Å². The van der Waals surface area contributed by atoms with Gasteiger partial charge in [-0.15, -0.1) is 0 Å². The molecule has 4 rings (SSSR count). The Bertz CT molecular complexity index is 886. The van der Waals surface area contributed by atoms with Crippen LogP contribution in [0.4, 0.5) is 10.2 Å². The highest BCUT2D eigenvalue weighted by molar-refractivity contribution is 5.71. The zero-order valence-corrected chi connectivity index (χ0v) is 14.1. The summed E-state index contributed by atoms with van der Waals surface area (Å²) in [4.78, 5) is 0. The summed E-state index contributed by atoms with van der Waals surface area (Å²) in [5, 5.41) is 8.24. The first-order valence-electron chi connectivity index (χ1n) is 8.53. The van der Waals surface area contributed by atoms with Crippen LogP contribution >= 0.6 is 0 Å². The molecule has 1 N–H and O–H groups in total. The van der Waals surface area contributed by atoms with Crippen LogP contribution in [0.25, 0.3) is 16.9 Å². The number of aromatic nitrogens is 2. The summed E-state index contributed by atoms with van der Waals surface area (Å²) in [6, 6.07) is 14.6. The number of halogens is 1. The fraction of sp³-hybridized carbons (Fsp3) is 0.250. The molecule has 5 heteroatoms. The number of anilines is 1. The quantitative estimate of drug-likeness (QED) is 0.768. The van der Waals surface area contributed by atoms with Crippen molar-refractivity contribution in [2.45, 2.75) is 19.3 Å². The van der Waals surface area contributed by atoms with E-state index in [4.69, 9.17) is 9.84 Å². The van der Waals surface area contributed by atoms with Crippen molar-refractivity contribution in [2.24, 2.45) is 0 Å². The van der Waals surface area contributed by atoms with Crippen molar-refractivity contribution >= 4 is 5.82 Å². The fourth-order valence-electron chi connectivity index (χ4n) is 3.28. The maximum Gasteiger partial charge on any atom is 0.133 e. The molecule has 0 unspecified atom stereocenters. The Kier molecular flexibility index (Phi) is 4.14. The lowest BCUT2D eigenvalue weighted by atomic mass is 10.0.